The standard InChI is InChI=1S/C13H24N2O4/c1-4-15(10-13(18)19-3)12(17)8-6-5-7-9-14-11(2)16/h4-10H2,1-3H3,(H,14,16). The van der Waals surface area contributed by atoms with E-state index >= 15 is 0 Å². The highest BCUT2D eigenvalue weighted by molar-refractivity contribution is 5.81. The minimum absolute atomic E-state index is 0.0116. The van der Waals surface area contributed by atoms with E-state index in [1.165, 1.54) is 18.9 Å². The average molecular weight is 272 g/mol. The molecular formula is C13H24N2O4. The van der Waals surface area contributed by atoms with Crippen molar-refractivity contribution in [3.05, 3.63) is 0 Å². The Hall–Kier alpha value is -1.59. The second-order valence-electron chi connectivity index (χ2n) is 4.28. The Labute approximate surface area is 114 Å². The summed E-state index contributed by atoms with van der Waals surface area (Å²) < 4.78 is 4.54. The van der Waals surface area contributed by atoms with Crippen molar-refractivity contribution < 1.29 is 19.1 Å². The molecule has 0 aromatic carbocycles. The number of amides is 2. The molecule has 0 saturated carbocycles. The van der Waals surface area contributed by atoms with Crippen LogP contribution >= 0.6 is 0 Å². The molecule has 0 aliphatic heterocycles. The molecule has 0 radical (unpaired) electrons. The normalized spacial score (nSPS) is 9.84. The molecule has 0 rings (SSSR count). The van der Waals surface area contributed by atoms with Crippen LogP contribution in [0.4, 0.5) is 0 Å². The van der Waals surface area contributed by atoms with Crippen molar-refractivity contribution in [1.29, 1.82) is 0 Å². The third kappa shape index (κ3) is 9.04. The Morgan fingerprint density at radius 3 is 2.37 bits per heavy atom. The van der Waals surface area contributed by atoms with Crippen LogP contribution in [0.15, 0.2) is 0 Å². The Balaban J connectivity index is 3.76. The fourth-order valence-corrected chi connectivity index (χ4v) is 1.60. The molecule has 2 amide bonds. The maximum absolute atomic E-state index is 11.8. The zero-order valence-electron chi connectivity index (χ0n) is 12.0. The van der Waals surface area contributed by atoms with Crippen LogP contribution in [-0.2, 0) is 19.1 Å². The van der Waals surface area contributed by atoms with Crippen LogP contribution in [0.5, 0.6) is 0 Å². The first kappa shape index (κ1) is 17.4. The molecule has 0 spiro atoms. The molecule has 19 heavy (non-hydrogen) atoms. The molecule has 0 aliphatic rings. The summed E-state index contributed by atoms with van der Waals surface area (Å²) in [6, 6.07) is 0. The van der Waals surface area contributed by atoms with Crippen molar-refractivity contribution in [3.63, 3.8) is 0 Å². The summed E-state index contributed by atoms with van der Waals surface area (Å²) in [5.74, 6) is -0.473. The van der Waals surface area contributed by atoms with Crippen molar-refractivity contribution in [2.45, 2.75) is 39.5 Å². The fourth-order valence-electron chi connectivity index (χ4n) is 1.60. The van der Waals surface area contributed by atoms with Gasteiger partial charge in [0.25, 0.3) is 0 Å². The Bertz CT molecular complexity index is 305. The molecule has 0 heterocycles. The van der Waals surface area contributed by atoms with Gasteiger partial charge in [-0.15, -0.1) is 0 Å². The van der Waals surface area contributed by atoms with Crippen LogP contribution in [0.1, 0.15) is 39.5 Å². The molecule has 0 aliphatic carbocycles. The van der Waals surface area contributed by atoms with E-state index in [-0.39, 0.29) is 18.4 Å². The highest BCUT2D eigenvalue weighted by Gasteiger charge is 2.14. The molecule has 1 N–H and O–H groups in total. The topological polar surface area (TPSA) is 75.7 Å². The SMILES string of the molecule is CCN(CC(=O)OC)C(=O)CCCCCNC(C)=O. The highest BCUT2D eigenvalue weighted by atomic mass is 16.5. The fraction of sp³-hybridized carbons (Fsp3) is 0.769. The van der Waals surface area contributed by atoms with E-state index in [9.17, 15) is 14.4 Å². The van der Waals surface area contributed by atoms with Gasteiger partial charge < -0.3 is 15.0 Å². The lowest BCUT2D eigenvalue weighted by atomic mass is 10.1. The van der Waals surface area contributed by atoms with E-state index in [2.05, 4.69) is 10.1 Å². The maximum Gasteiger partial charge on any atom is 0.325 e. The number of carbonyl (C=O) groups is 3. The summed E-state index contributed by atoms with van der Waals surface area (Å²) in [6.07, 6.45) is 2.92. The first-order chi connectivity index (χ1) is 9.01. The predicted molar refractivity (Wildman–Crippen MR) is 71.4 cm³/mol. The largest absolute Gasteiger partial charge is 0.468 e. The third-order valence-corrected chi connectivity index (χ3v) is 2.72. The number of methoxy groups -OCH3 is 1. The van der Waals surface area contributed by atoms with Crippen LogP contribution in [0.3, 0.4) is 0 Å². The van der Waals surface area contributed by atoms with Crippen LogP contribution in [-0.4, -0.2) is 49.4 Å². The summed E-state index contributed by atoms with van der Waals surface area (Å²) in [7, 11) is 1.31. The van der Waals surface area contributed by atoms with Crippen LogP contribution in [0.25, 0.3) is 0 Å². The van der Waals surface area contributed by atoms with Crippen molar-refractivity contribution in [1.82, 2.24) is 10.2 Å². The second kappa shape index (κ2) is 10.3. The lowest BCUT2D eigenvalue weighted by Crippen LogP contribution is -2.35. The van der Waals surface area contributed by atoms with E-state index in [1.807, 2.05) is 6.92 Å². The summed E-state index contributed by atoms with van der Waals surface area (Å²) in [5, 5.41) is 2.71. The van der Waals surface area contributed by atoms with Crippen molar-refractivity contribution in [2.75, 3.05) is 26.7 Å². The van der Waals surface area contributed by atoms with Gasteiger partial charge in [0.2, 0.25) is 11.8 Å². The number of esters is 1. The lowest BCUT2D eigenvalue weighted by Gasteiger charge is -2.19. The Morgan fingerprint density at radius 2 is 1.84 bits per heavy atom. The second-order valence-corrected chi connectivity index (χ2v) is 4.28. The molecule has 0 aromatic heterocycles. The quantitative estimate of drug-likeness (QED) is 0.495. The molecule has 0 saturated heterocycles. The van der Waals surface area contributed by atoms with E-state index in [4.69, 9.17) is 0 Å². The van der Waals surface area contributed by atoms with E-state index in [0.717, 1.165) is 19.3 Å². The number of rotatable bonds is 9. The summed E-state index contributed by atoms with van der Waals surface area (Å²) in [5.41, 5.74) is 0. The van der Waals surface area contributed by atoms with E-state index in [1.54, 1.807) is 0 Å². The minimum Gasteiger partial charge on any atom is -0.468 e. The van der Waals surface area contributed by atoms with Crippen molar-refractivity contribution in [2.24, 2.45) is 0 Å². The summed E-state index contributed by atoms with van der Waals surface area (Å²) in [4.78, 5) is 35.0. The zero-order valence-corrected chi connectivity index (χ0v) is 12.0. The average Bonchev–Trinajstić information content (AvgIpc) is 2.38. The van der Waals surface area contributed by atoms with Gasteiger partial charge in [-0.3, -0.25) is 14.4 Å². The lowest BCUT2D eigenvalue weighted by molar-refractivity contribution is -0.146. The number of carbonyl (C=O) groups excluding carboxylic acids is 3. The molecule has 6 heteroatoms. The van der Waals surface area contributed by atoms with Gasteiger partial charge in [0.1, 0.15) is 6.54 Å². The predicted octanol–water partition coefficient (Wildman–Crippen LogP) is 0.704. The number of hydrogen-bond donors (Lipinski definition) is 1. The number of unbranched alkanes of at least 4 members (excludes halogenated alkanes) is 2. The van der Waals surface area contributed by atoms with Crippen molar-refractivity contribution in [3.8, 4) is 0 Å². The summed E-state index contributed by atoms with van der Waals surface area (Å²) >= 11 is 0. The minimum atomic E-state index is -0.402. The van der Waals surface area contributed by atoms with Crippen LogP contribution in [0, 0.1) is 0 Å². The van der Waals surface area contributed by atoms with Gasteiger partial charge in [-0.05, 0) is 19.8 Å². The highest BCUT2D eigenvalue weighted by Crippen LogP contribution is 2.03. The molecule has 0 unspecified atom stereocenters. The monoisotopic (exact) mass is 272 g/mol. The molecule has 0 fully saturated rings. The van der Waals surface area contributed by atoms with Gasteiger partial charge in [0.15, 0.2) is 0 Å². The molecule has 0 bridgehead atoms. The zero-order chi connectivity index (χ0) is 14.7. The number of likely N-dealkylation sites (N-methyl/N-ethyl adjacent to an activating group) is 1. The van der Waals surface area contributed by atoms with Gasteiger partial charge in [-0.1, -0.05) is 6.42 Å². The van der Waals surface area contributed by atoms with Gasteiger partial charge >= 0.3 is 5.97 Å². The van der Waals surface area contributed by atoms with Gasteiger partial charge in [0.05, 0.1) is 7.11 Å². The van der Waals surface area contributed by atoms with E-state index < -0.39 is 5.97 Å². The first-order valence-corrected chi connectivity index (χ1v) is 6.60. The number of nitrogens with one attached hydrogen (secondary N) is 1. The van der Waals surface area contributed by atoms with Crippen LogP contribution in [0.2, 0.25) is 0 Å². The number of ether oxygens (including phenoxy) is 1. The first-order valence-electron chi connectivity index (χ1n) is 6.60. The smallest absolute Gasteiger partial charge is 0.325 e. The molecule has 0 aromatic rings. The molecule has 0 atom stereocenters. The van der Waals surface area contributed by atoms with Crippen LogP contribution < -0.4 is 5.32 Å². The number of nitrogens with zero attached hydrogens (tertiary/aromatic N) is 1. The third-order valence-electron chi connectivity index (χ3n) is 2.72. The van der Waals surface area contributed by atoms with Gasteiger partial charge in [-0.2, -0.15) is 0 Å². The van der Waals surface area contributed by atoms with Gasteiger partial charge in [0, 0.05) is 26.4 Å². The van der Waals surface area contributed by atoms with E-state index in [0.29, 0.717) is 19.5 Å². The summed E-state index contributed by atoms with van der Waals surface area (Å²) in [6.45, 7) is 4.47. The van der Waals surface area contributed by atoms with Crippen molar-refractivity contribution >= 4 is 17.8 Å². The Morgan fingerprint density at radius 1 is 1.16 bits per heavy atom. The maximum atomic E-state index is 11.8. The molecular weight excluding hydrogens is 248 g/mol. The van der Waals surface area contributed by atoms with Gasteiger partial charge in [-0.25, -0.2) is 0 Å². The number of hydrogen-bond acceptors (Lipinski definition) is 4. The molecule has 110 valence electrons. The Kier molecular flexibility index (Phi) is 9.48. The molecule has 6 nitrogen and oxygen atoms in total.